The van der Waals surface area contributed by atoms with Crippen LogP contribution in [0.5, 0.6) is 11.5 Å². The Hall–Kier alpha value is -3.73. The number of rotatable bonds is 8. The van der Waals surface area contributed by atoms with Gasteiger partial charge in [-0.1, -0.05) is 157 Å². The first kappa shape index (κ1) is 28.1. The summed E-state index contributed by atoms with van der Waals surface area (Å²) in [7, 11) is -1.22. The standard InChI is InChI=1S/C39H31ClOP2/c40-37-25-24-31(28-43(34-20-9-3-10-21-34)35-22-11-4-12-23-35)39-36(37)26-29-14-13-15-30(38(29)41-39)27-42(32-16-5-1-6-17-32)33-18-7-2-8-19-33/h1-25H,26-28H2. The average Bonchev–Trinajstić information content (AvgIpc) is 3.08. The van der Waals surface area contributed by atoms with Crippen molar-refractivity contribution in [3.05, 3.63) is 179 Å². The average molecular weight is 613 g/mol. The lowest BCUT2D eigenvalue weighted by atomic mass is 9.96. The smallest absolute Gasteiger partial charge is 0.136 e. The van der Waals surface area contributed by atoms with Crippen molar-refractivity contribution in [1.82, 2.24) is 0 Å². The number of hydrogen-bond acceptors (Lipinski definition) is 1. The largest absolute Gasteiger partial charge is 0.456 e. The molecular formula is C39H31ClOP2. The first-order valence-corrected chi connectivity index (χ1v) is 18.0. The van der Waals surface area contributed by atoms with Crippen molar-refractivity contribution in [2.75, 3.05) is 0 Å². The van der Waals surface area contributed by atoms with Crippen molar-refractivity contribution in [3.63, 3.8) is 0 Å². The van der Waals surface area contributed by atoms with Crippen LogP contribution in [0.2, 0.25) is 5.02 Å². The molecule has 0 unspecified atom stereocenters. The highest BCUT2D eigenvalue weighted by Gasteiger charge is 2.27. The van der Waals surface area contributed by atoms with Crippen LogP contribution in [0.3, 0.4) is 0 Å². The molecule has 0 aliphatic carbocycles. The van der Waals surface area contributed by atoms with Crippen LogP contribution >= 0.6 is 27.4 Å². The maximum atomic E-state index is 7.00. The molecule has 1 aliphatic heterocycles. The molecule has 0 fully saturated rings. The van der Waals surface area contributed by atoms with Gasteiger partial charge in [-0.05, 0) is 54.3 Å². The Morgan fingerprint density at radius 3 is 1.37 bits per heavy atom. The minimum atomic E-state index is -0.621. The van der Waals surface area contributed by atoms with E-state index in [1.54, 1.807) is 0 Å². The van der Waals surface area contributed by atoms with E-state index in [1.807, 2.05) is 0 Å². The van der Waals surface area contributed by atoms with Gasteiger partial charge in [-0.15, -0.1) is 0 Å². The number of benzene rings is 6. The van der Waals surface area contributed by atoms with Crippen molar-refractivity contribution >= 4 is 48.7 Å². The molecule has 0 aromatic heterocycles. The van der Waals surface area contributed by atoms with Gasteiger partial charge in [0.15, 0.2) is 0 Å². The van der Waals surface area contributed by atoms with Crippen molar-refractivity contribution < 1.29 is 4.74 Å². The SMILES string of the molecule is Clc1ccc(CP(c2ccccc2)c2ccccc2)c2c1Cc1cccc(CP(c3ccccc3)c3ccccc3)c1O2. The lowest BCUT2D eigenvalue weighted by Gasteiger charge is -2.28. The van der Waals surface area contributed by atoms with Crippen molar-refractivity contribution in [2.24, 2.45) is 0 Å². The number of para-hydroxylation sites is 1. The molecule has 0 N–H and O–H groups in total. The summed E-state index contributed by atoms with van der Waals surface area (Å²) in [6.45, 7) is 0. The van der Waals surface area contributed by atoms with Gasteiger partial charge in [-0.3, -0.25) is 0 Å². The maximum Gasteiger partial charge on any atom is 0.136 e. The molecule has 0 radical (unpaired) electrons. The lowest BCUT2D eigenvalue weighted by Crippen LogP contribution is -2.15. The second kappa shape index (κ2) is 12.9. The minimum Gasteiger partial charge on any atom is -0.456 e. The van der Waals surface area contributed by atoms with Gasteiger partial charge < -0.3 is 4.74 Å². The van der Waals surface area contributed by atoms with Gasteiger partial charge in [0.25, 0.3) is 0 Å². The normalized spacial score (nSPS) is 12.1. The van der Waals surface area contributed by atoms with E-state index in [9.17, 15) is 0 Å². The fourth-order valence-electron chi connectivity index (χ4n) is 5.83. The fraction of sp³-hybridized carbons (Fsp3) is 0.0769. The summed E-state index contributed by atoms with van der Waals surface area (Å²) in [5.41, 5.74) is 4.76. The van der Waals surface area contributed by atoms with Crippen molar-refractivity contribution in [3.8, 4) is 11.5 Å². The molecule has 1 heterocycles. The van der Waals surface area contributed by atoms with E-state index < -0.39 is 15.8 Å². The van der Waals surface area contributed by atoms with Crippen LogP contribution in [0.4, 0.5) is 0 Å². The molecule has 43 heavy (non-hydrogen) atoms. The Morgan fingerprint density at radius 2 is 0.907 bits per heavy atom. The van der Waals surface area contributed by atoms with Crippen molar-refractivity contribution in [2.45, 2.75) is 18.7 Å². The molecule has 0 atom stereocenters. The van der Waals surface area contributed by atoms with Gasteiger partial charge in [0.2, 0.25) is 0 Å². The quantitative estimate of drug-likeness (QED) is 0.155. The first-order chi connectivity index (χ1) is 21.2. The Kier molecular flexibility index (Phi) is 8.40. The summed E-state index contributed by atoms with van der Waals surface area (Å²) < 4.78 is 7.00. The molecule has 0 saturated heterocycles. The highest BCUT2D eigenvalue weighted by Crippen LogP contribution is 2.49. The summed E-state index contributed by atoms with van der Waals surface area (Å²) in [6, 6.07) is 54.4. The topological polar surface area (TPSA) is 9.23 Å². The summed E-state index contributed by atoms with van der Waals surface area (Å²) in [6.07, 6.45) is 2.58. The molecule has 1 nitrogen and oxygen atoms in total. The van der Waals surface area contributed by atoms with Gasteiger partial charge >= 0.3 is 0 Å². The molecule has 4 heteroatoms. The zero-order chi connectivity index (χ0) is 29.0. The maximum absolute atomic E-state index is 7.00. The predicted molar refractivity (Wildman–Crippen MR) is 186 cm³/mol. The molecular weight excluding hydrogens is 582 g/mol. The van der Waals surface area contributed by atoms with E-state index in [0.29, 0.717) is 0 Å². The molecule has 6 aromatic carbocycles. The van der Waals surface area contributed by atoms with E-state index in [0.717, 1.165) is 40.8 Å². The van der Waals surface area contributed by atoms with Gasteiger partial charge in [0.1, 0.15) is 11.5 Å². The lowest BCUT2D eigenvalue weighted by molar-refractivity contribution is 0.452. The highest BCUT2D eigenvalue weighted by atomic mass is 35.5. The molecule has 7 rings (SSSR count). The van der Waals surface area contributed by atoms with Crippen LogP contribution in [-0.4, -0.2) is 0 Å². The summed E-state index contributed by atoms with van der Waals surface area (Å²) >= 11 is 6.86. The van der Waals surface area contributed by atoms with Gasteiger partial charge in [0, 0.05) is 34.9 Å². The second-order valence-electron chi connectivity index (χ2n) is 10.7. The molecule has 6 aromatic rings. The first-order valence-electron chi connectivity index (χ1n) is 14.6. The van der Waals surface area contributed by atoms with Crippen LogP contribution in [0.15, 0.2) is 152 Å². The zero-order valence-corrected chi connectivity index (χ0v) is 26.3. The monoisotopic (exact) mass is 612 g/mol. The van der Waals surface area contributed by atoms with Crippen LogP contribution < -0.4 is 26.0 Å². The fourth-order valence-corrected chi connectivity index (χ4v) is 10.7. The zero-order valence-electron chi connectivity index (χ0n) is 23.7. The third kappa shape index (κ3) is 6.04. The van der Waals surface area contributed by atoms with Crippen LogP contribution in [-0.2, 0) is 18.7 Å². The molecule has 210 valence electrons. The Labute approximate surface area is 261 Å². The predicted octanol–water partition coefficient (Wildman–Crippen LogP) is 9.30. The van der Waals surface area contributed by atoms with E-state index in [2.05, 4.69) is 152 Å². The van der Waals surface area contributed by atoms with E-state index in [1.165, 1.54) is 37.9 Å². The molecule has 0 saturated carbocycles. The number of fused-ring (bicyclic) bond motifs is 2. The van der Waals surface area contributed by atoms with Crippen LogP contribution in [0, 0.1) is 0 Å². The third-order valence-electron chi connectivity index (χ3n) is 7.96. The summed E-state index contributed by atoms with van der Waals surface area (Å²) in [5, 5.41) is 6.24. The van der Waals surface area contributed by atoms with E-state index in [4.69, 9.17) is 16.3 Å². The molecule has 1 aliphatic rings. The summed E-state index contributed by atoms with van der Waals surface area (Å²) in [4.78, 5) is 0. The number of halogens is 1. The Morgan fingerprint density at radius 1 is 0.465 bits per heavy atom. The third-order valence-corrected chi connectivity index (χ3v) is 13.3. The number of hydrogen-bond donors (Lipinski definition) is 0. The molecule has 0 bridgehead atoms. The highest BCUT2D eigenvalue weighted by molar-refractivity contribution is 7.72. The van der Waals surface area contributed by atoms with Crippen LogP contribution in [0.1, 0.15) is 22.3 Å². The van der Waals surface area contributed by atoms with Crippen LogP contribution in [0.25, 0.3) is 0 Å². The van der Waals surface area contributed by atoms with Crippen molar-refractivity contribution in [1.29, 1.82) is 0 Å². The van der Waals surface area contributed by atoms with E-state index in [-0.39, 0.29) is 0 Å². The number of ether oxygens (including phenoxy) is 1. The van der Waals surface area contributed by atoms with E-state index >= 15 is 0 Å². The van der Waals surface area contributed by atoms with Gasteiger partial charge in [-0.2, -0.15) is 0 Å². The van der Waals surface area contributed by atoms with Gasteiger partial charge in [-0.25, -0.2) is 0 Å². The Balaban J connectivity index is 1.27. The Bertz CT molecular complexity index is 1750. The molecule has 0 spiro atoms. The molecule has 0 amide bonds. The summed E-state index contributed by atoms with van der Waals surface area (Å²) in [5.74, 6) is 1.94. The minimum absolute atomic E-state index is 0.601. The van der Waals surface area contributed by atoms with Gasteiger partial charge in [0.05, 0.1) is 0 Å². The second-order valence-corrected chi connectivity index (χ2v) is 15.5.